The van der Waals surface area contributed by atoms with Crippen molar-refractivity contribution in [1.82, 2.24) is 9.80 Å². The summed E-state index contributed by atoms with van der Waals surface area (Å²) in [5.41, 5.74) is 0.249. The van der Waals surface area contributed by atoms with E-state index in [1.165, 1.54) is 18.7 Å². The minimum Gasteiger partial charge on any atom is -0.339 e. The first-order valence-corrected chi connectivity index (χ1v) is 11.5. The van der Waals surface area contributed by atoms with Crippen molar-refractivity contribution in [3.63, 3.8) is 0 Å². The molecule has 3 aliphatic rings. The topological polar surface area (TPSA) is 69.7 Å². The van der Waals surface area contributed by atoms with Crippen LogP contribution in [0.5, 0.6) is 0 Å². The summed E-state index contributed by atoms with van der Waals surface area (Å²) in [6.07, 6.45) is 0.336. The van der Waals surface area contributed by atoms with Crippen molar-refractivity contribution in [1.29, 1.82) is 0 Å². The van der Waals surface area contributed by atoms with Gasteiger partial charge in [-0.05, 0) is 44.0 Å². The van der Waals surface area contributed by atoms with Crippen LogP contribution in [0.1, 0.15) is 48.2 Å². The van der Waals surface area contributed by atoms with E-state index in [1.807, 2.05) is 24.3 Å². The number of amides is 3. The van der Waals surface area contributed by atoms with E-state index in [0.29, 0.717) is 29.1 Å². The van der Waals surface area contributed by atoms with Crippen LogP contribution in [0, 0.1) is 0 Å². The Bertz CT molecular complexity index is 1180. The minimum atomic E-state index is -1.67. The molecule has 3 heterocycles. The van der Waals surface area contributed by atoms with E-state index in [4.69, 9.17) is 11.6 Å². The molecule has 2 aromatic carbocycles. The SMILES string of the molecule is CC(C)(F)C[C@@H](C(=O)N1CC[C@@]2(C1)C(=O)Nc1ccccc12)N1Cc2c(Cl)cccc2C1=O. The second-order valence-corrected chi connectivity index (χ2v) is 10.1. The molecule has 0 aromatic heterocycles. The van der Waals surface area contributed by atoms with Crippen LogP contribution < -0.4 is 5.32 Å². The second kappa shape index (κ2) is 7.55. The van der Waals surface area contributed by atoms with Gasteiger partial charge in [-0.1, -0.05) is 35.9 Å². The summed E-state index contributed by atoms with van der Waals surface area (Å²) in [7, 11) is 0. The van der Waals surface area contributed by atoms with Crippen LogP contribution in [0.4, 0.5) is 10.1 Å². The predicted molar refractivity (Wildman–Crippen MR) is 123 cm³/mol. The largest absolute Gasteiger partial charge is 0.339 e. The Kier molecular flexibility index (Phi) is 5.01. The van der Waals surface area contributed by atoms with E-state index in [0.717, 1.165) is 11.3 Å². The van der Waals surface area contributed by atoms with E-state index >= 15 is 0 Å². The van der Waals surface area contributed by atoms with Gasteiger partial charge < -0.3 is 15.1 Å². The number of rotatable bonds is 4. The summed E-state index contributed by atoms with van der Waals surface area (Å²) in [6.45, 7) is 3.52. The summed E-state index contributed by atoms with van der Waals surface area (Å²) in [4.78, 5) is 42.9. The number of anilines is 1. The summed E-state index contributed by atoms with van der Waals surface area (Å²) in [6, 6.07) is 11.6. The average Bonchev–Trinajstić information content (AvgIpc) is 3.43. The molecule has 1 N–H and O–H groups in total. The Morgan fingerprint density at radius 2 is 1.97 bits per heavy atom. The van der Waals surface area contributed by atoms with Crippen molar-refractivity contribution in [3.8, 4) is 0 Å². The van der Waals surface area contributed by atoms with Crippen molar-refractivity contribution in [3.05, 3.63) is 64.2 Å². The monoisotopic (exact) mass is 469 g/mol. The lowest BCUT2D eigenvalue weighted by Crippen LogP contribution is -2.51. The van der Waals surface area contributed by atoms with Crippen LogP contribution >= 0.6 is 11.6 Å². The van der Waals surface area contributed by atoms with Gasteiger partial charge >= 0.3 is 0 Å². The number of hydrogen-bond acceptors (Lipinski definition) is 3. The van der Waals surface area contributed by atoms with Gasteiger partial charge in [-0.15, -0.1) is 0 Å². The van der Waals surface area contributed by atoms with Crippen LogP contribution in [-0.2, 0) is 21.5 Å². The zero-order valence-corrected chi connectivity index (χ0v) is 19.3. The lowest BCUT2D eigenvalue weighted by Gasteiger charge is -2.33. The summed E-state index contributed by atoms with van der Waals surface area (Å²) >= 11 is 6.30. The molecule has 3 aliphatic heterocycles. The van der Waals surface area contributed by atoms with Gasteiger partial charge in [0.15, 0.2) is 0 Å². The molecular weight excluding hydrogens is 445 g/mol. The van der Waals surface area contributed by atoms with Crippen LogP contribution in [-0.4, -0.2) is 52.3 Å². The maximum absolute atomic E-state index is 14.8. The smallest absolute Gasteiger partial charge is 0.255 e. The molecule has 8 heteroatoms. The molecular formula is C25H25ClFN3O3. The van der Waals surface area contributed by atoms with Gasteiger partial charge in [0.1, 0.15) is 11.7 Å². The number of hydrogen-bond donors (Lipinski definition) is 1. The van der Waals surface area contributed by atoms with Crippen molar-refractivity contribution < 1.29 is 18.8 Å². The third kappa shape index (κ3) is 3.50. The molecule has 1 saturated heterocycles. The summed E-state index contributed by atoms with van der Waals surface area (Å²) < 4.78 is 14.8. The first-order chi connectivity index (χ1) is 15.6. The number of alkyl halides is 1. The Labute approximate surface area is 196 Å². The molecule has 0 radical (unpaired) electrons. The highest BCUT2D eigenvalue weighted by atomic mass is 35.5. The Morgan fingerprint density at radius 3 is 2.70 bits per heavy atom. The molecule has 0 bridgehead atoms. The zero-order chi connectivity index (χ0) is 23.5. The number of carbonyl (C=O) groups is 3. The summed E-state index contributed by atoms with van der Waals surface area (Å²) in [5.74, 6) is -0.794. The van der Waals surface area contributed by atoms with Gasteiger partial charge in [0.05, 0.1) is 5.41 Å². The fraction of sp³-hybridized carbons (Fsp3) is 0.400. The second-order valence-electron chi connectivity index (χ2n) is 9.73. The molecule has 0 aliphatic carbocycles. The van der Waals surface area contributed by atoms with E-state index in [-0.39, 0.29) is 37.2 Å². The van der Waals surface area contributed by atoms with Crippen LogP contribution in [0.2, 0.25) is 5.02 Å². The highest BCUT2D eigenvalue weighted by molar-refractivity contribution is 6.32. The van der Waals surface area contributed by atoms with Crippen molar-refractivity contribution in [2.45, 2.75) is 50.4 Å². The Balaban J connectivity index is 1.45. The number of halogens is 2. The maximum Gasteiger partial charge on any atom is 0.255 e. The van der Waals surface area contributed by atoms with Gasteiger partial charge in [-0.25, -0.2) is 4.39 Å². The Morgan fingerprint density at radius 1 is 1.21 bits per heavy atom. The first-order valence-electron chi connectivity index (χ1n) is 11.1. The Hall–Kier alpha value is -2.93. The fourth-order valence-electron chi connectivity index (χ4n) is 5.35. The van der Waals surface area contributed by atoms with E-state index in [1.54, 1.807) is 23.1 Å². The summed E-state index contributed by atoms with van der Waals surface area (Å²) in [5, 5.41) is 3.37. The van der Waals surface area contributed by atoms with Crippen molar-refractivity contribution >= 4 is 35.0 Å². The van der Waals surface area contributed by atoms with E-state index in [2.05, 4.69) is 5.32 Å². The molecule has 33 heavy (non-hydrogen) atoms. The molecule has 3 amide bonds. The molecule has 2 aromatic rings. The first kappa shape index (κ1) is 21.9. The molecule has 5 rings (SSSR count). The normalized spacial score (nSPS) is 22.5. The van der Waals surface area contributed by atoms with E-state index in [9.17, 15) is 18.8 Å². The van der Waals surface area contributed by atoms with Crippen molar-refractivity contribution in [2.24, 2.45) is 0 Å². The maximum atomic E-state index is 14.8. The fourth-order valence-corrected chi connectivity index (χ4v) is 5.58. The van der Waals surface area contributed by atoms with Gasteiger partial charge in [0, 0.05) is 47.9 Å². The number of likely N-dealkylation sites (tertiary alicyclic amines) is 1. The molecule has 0 unspecified atom stereocenters. The standard InChI is InChI=1S/C25H25ClFN3O3/c1-24(2,27)12-20(30-13-16-15(21(30)31)6-5-8-18(16)26)22(32)29-11-10-25(14-29)17-7-3-4-9-19(17)28-23(25)33/h3-9,20H,10-14H2,1-2H3,(H,28,33)/t20-,25-/m0/s1. The highest BCUT2D eigenvalue weighted by Crippen LogP contribution is 2.44. The quantitative estimate of drug-likeness (QED) is 0.737. The molecule has 172 valence electrons. The van der Waals surface area contributed by atoms with Gasteiger partial charge in [-0.2, -0.15) is 0 Å². The third-order valence-corrected chi connectivity index (χ3v) is 7.34. The molecule has 0 saturated carbocycles. The zero-order valence-electron chi connectivity index (χ0n) is 18.5. The van der Waals surface area contributed by atoms with Gasteiger partial charge in [0.2, 0.25) is 11.8 Å². The highest BCUT2D eigenvalue weighted by Gasteiger charge is 2.53. The van der Waals surface area contributed by atoms with Crippen LogP contribution in [0.15, 0.2) is 42.5 Å². The van der Waals surface area contributed by atoms with Gasteiger partial charge in [0.25, 0.3) is 5.91 Å². The number of nitrogens with one attached hydrogen (secondary N) is 1. The van der Waals surface area contributed by atoms with Gasteiger partial charge in [-0.3, -0.25) is 14.4 Å². The number of nitrogens with zero attached hydrogens (tertiary/aromatic N) is 2. The number of carbonyl (C=O) groups excluding carboxylic acids is 3. The number of benzene rings is 2. The molecule has 2 atom stereocenters. The van der Waals surface area contributed by atoms with E-state index < -0.39 is 17.1 Å². The molecule has 6 nitrogen and oxygen atoms in total. The van der Waals surface area contributed by atoms with Crippen LogP contribution in [0.25, 0.3) is 0 Å². The number of para-hydroxylation sites is 1. The lowest BCUT2D eigenvalue weighted by molar-refractivity contribution is -0.137. The lowest BCUT2D eigenvalue weighted by atomic mass is 9.81. The molecule has 1 spiro atoms. The average molecular weight is 470 g/mol. The predicted octanol–water partition coefficient (Wildman–Crippen LogP) is 3.93. The minimum absolute atomic E-state index is 0.127. The van der Waals surface area contributed by atoms with Crippen molar-refractivity contribution in [2.75, 3.05) is 18.4 Å². The van der Waals surface area contributed by atoms with Crippen LogP contribution in [0.3, 0.4) is 0 Å². The molecule has 1 fully saturated rings. The third-order valence-electron chi connectivity index (χ3n) is 6.99. The number of fused-ring (bicyclic) bond motifs is 3.